The highest BCUT2D eigenvalue weighted by Crippen LogP contribution is 2.38. The van der Waals surface area contributed by atoms with Gasteiger partial charge in [-0.3, -0.25) is 19.9 Å². The van der Waals surface area contributed by atoms with Crippen molar-refractivity contribution in [3.05, 3.63) is 435 Å². The lowest BCUT2D eigenvalue weighted by Gasteiger charge is -2.16. The van der Waals surface area contributed by atoms with Crippen LogP contribution in [-0.2, 0) is 0 Å². The van der Waals surface area contributed by atoms with Crippen molar-refractivity contribution in [3.8, 4) is 89.5 Å². The molecule has 8 aromatic carbocycles. The summed E-state index contributed by atoms with van der Waals surface area (Å²) in [6.07, 6.45) is 32.3. The van der Waals surface area contributed by atoms with Gasteiger partial charge in [-0.25, -0.2) is 54.8 Å². The fraction of sp³-hybridized carbons (Fsp3) is 0.0885. The molecule has 15 heterocycles. The van der Waals surface area contributed by atoms with Gasteiger partial charge in [-0.1, -0.05) is 217 Å². The van der Waals surface area contributed by atoms with Crippen LogP contribution in [0.5, 0.6) is 0 Å². The van der Waals surface area contributed by atoms with Gasteiger partial charge in [-0.2, -0.15) is 0 Å². The van der Waals surface area contributed by atoms with Crippen LogP contribution in [0.3, 0.4) is 0 Å². The first kappa shape index (κ1) is 91.3. The molecule has 0 amide bonds. The number of halogens is 2. The van der Waals surface area contributed by atoms with Gasteiger partial charge in [0.25, 0.3) is 0 Å². The van der Waals surface area contributed by atoms with E-state index in [1.807, 2.05) is 153 Å². The first-order valence-electron chi connectivity index (χ1n) is 45.8. The highest BCUT2D eigenvalue weighted by atomic mass is 35.5. The van der Waals surface area contributed by atoms with Crippen molar-refractivity contribution in [3.63, 3.8) is 0 Å². The lowest BCUT2D eigenvalue weighted by molar-refractivity contribution is 0.875. The third-order valence-corrected chi connectivity index (χ3v) is 24.1. The molecule has 686 valence electrons. The number of anilines is 5. The maximum atomic E-state index is 5.99. The van der Waals surface area contributed by atoms with Crippen molar-refractivity contribution in [2.75, 3.05) is 26.6 Å². The van der Waals surface area contributed by atoms with Crippen molar-refractivity contribution in [1.82, 2.24) is 99.7 Å². The van der Waals surface area contributed by atoms with Gasteiger partial charge in [0, 0.05) is 172 Å². The molecule has 0 saturated heterocycles. The molecule has 0 aliphatic rings. The minimum atomic E-state index is 0.154. The van der Waals surface area contributed by atoms with E-state index in [1.165, 1.54) is 40.2 Å². The van der Waals surface area contributed by atoms with Gasteiger partial charge < -0.3 is 51.5 Å². The molecule has 0 aliphatic carbocycles. The van der Waals surface area contributed by atoms with Crippen molar-refractivity contribution in [2.45, 2.75) is 64.8 Å². The molecular formula is C113H95Cl2N25. The summed E-state index contributed by atoms with van der Waals surface area (Å²) in [5, 5.41) is 18.4. The zero-order chi connectivity index (χ0) is 95.5. The van der Waals surface area contributed by atoms with Gasteiger partial charge in [-0.05, 0) is 176 Å². The summed E-state index contributed by atoms with van der Waals surface area (Å²) in [4.78, 5) is 82.9. The largest absolute Gasteiger partial charge is 0.379 e. The van der Waals surface area contributed by atoms with E-state index >= 15 is 0 Å². The molecule has 140 heavy (non-hydrogen) atoms. The Hall–Kier alpha value is -17.8. The van der Waals surface area contributed by atoms with Crippen LogP contribution in [0.2, 0.25) is 10.3 Å². The molecule has 0 unspecified atom stereocenters. The minimum Gasteiger partial charge on any atom is -0.379 e. The smallest absolute Gasteiger partial charge is 0.156 e. The Balaban J connectivity index is 0.000000112. The first-order valence-corrected chi connectivity index (χ1v) is 46.5. The predicted molar refractivity (Wildman–Crippen MR) is 564 cm³/mol. The van der Waals surface area contributed by atoms with Crippen LogP contribution >= 0.6 is 23.2 Å². The van der Waals surface area contributed by atoms with E-state index < -0.39 is 0 Å². The van der Waals surface area contributed by atoms with Crippen LogP contribution in [0.15, 0.2) is 397 Å². The fourth-order valence-corrected chi connectivity index (χ4v) is 16.8. The molecule has 27 heteroatoms. The predicted octanol–water partition coefficient (Wildman–Crippen LogP) is 27.3. The number of fused-ring (bicyclic) bond motifs is 5. The molecule has 23 aromatic rings. The summed E-state index contributed by atoms with van der Waals surface area (Å²) in [5.41, 5.74) is 33.4. The SMILES string of the molecule is C[C@H](Nc1cc(-c2c[nH]c3ncc(Cl)nc23)ccn1)c1ccccc1.C[C@H](Nc1cccc(-c2c[nH]c3ncc(-c4ccccn4)nc23)c1)c1ccccc1.C[C@H](Nc1cccc(-c2c[nH]c3ncc(-c4cccnc4)nc23)c1)c1ccccc1.C[C@H](Nc1cccc(-c2c[nH]c3ncc(-c4ccncc4)nc23)c1)c1ccccc1.C[C@H](Nc1cncc(-c2c[nH]c3ncc(Cl)nc23)c1)c1ccccc1. The van der Waals surface area contributed by atoms with Gasteiger partial charge in [-0.15, -0.1) is 0 Å². The zero-order valence-electron chi connectivity index (χ0n) is 76.9. The van der Waals surface area contributed by atoms with Gasteiger partial charge in [0.15, 0.2) is 28.2 Å². The number of benzene rings is 8. The van der Waals surface area contributed by atoms with E-state index in [1.54, 1.807) is 55.8 Å². The third kappa shape index (κ3) is 22.1. The van der Waals surface area contributed by atoms with Crippen molar-refractivity contribution in [2.24, 2.45) is 0 Å². The second-order valence-electron chi connectivity index (χ2n) is 33.4. The fourth-order valence-electron chi connectivity index (χ4n) is 16.5. The van der Waals surface area contributed by atoms with Crippen LogP contribution in [0.1, 0.15) is 92.6 Å². The molecule has 10 N–H and O–H groups in total. The lowest BCUT2D eigenvalue weighted by Crippen LogP contribution is -2.07. The van der Waals surface area contributed by atoms with Crippen LogP contribution in [0, 0.1) is 0 Å². The van der Waals surface area contributed by atoms with Gasteiger partial charge in [0.2, 0.25) is 0 Å². The molecule has 25 nitrogen and oxygen atoms in total. The molecular weight excluding hydrogens is 1780 g/mol. The Morgan fingerprint density at radius 2 is 0.564 bits per heavy atom. The number of hydrogen-bond acceptors (Lipinski definition) is 20. The maximum absolute atomic E-state index is 5.99. The molecule has 0 fully saturated rings. The summed E-state index contributed by atoms with van der Waals surface area (Å²) >= 11 is 12.0. The quantitative estimate of drug-likeness (QED) is 0.0284. The molecule has 0 aliphatic heterocycles. The number of aromatic nitrogens is 20. The normalized spacial score (nSPS) is 12.1. The van der Waals surface area contributed by atoms with Crippen LogP contribution in [0.4, 0.5) is 28.6 Å². The standard InChI is InChI=1S/3C25H21N5.2C19H16ClN5/c1-17(18-7-3-2-4-8-18)29-21-11-5-9-19(13-21)22-15-27-25-24(22)30-23(16-28-25)20-10-6-12-26-14-20;1-17(18-8-3-2-4-9-18)29-20-11-7-10-19(14-20)21-15-27-25-24(21)30-23(16-28-25)22-12-5-6-13-26-22;1-17(18-6-3-2-4-7-18)29-21-9-5-8-20(14-21)22-15-27-25-24(22)30-23(16-28-25)19-10-12-26-13-11-19;1-12(13-5-3-2-4-6-13)24-15-7-14(8-21-9-15)16-10-22-19-18(16)25-17(20)11-23-19;1-12(13-5-3-2-4-6-13)24-17-9-14(7-8-21-17)15-10-22-19-18(15)25-16(20)11-23-19/h3*2-17,29H,1H3,(H,27,28);2-12,24H,1H3,(H,22,23);2-12H,1H3,(H,21,24)(H,22,23)/t3*17-;2*12-/m00000/s1. The lowest BCUT2D eigenvalue weighted by atomic mass is 10.1. The van der Waals surface area contributed by atoms with Gasteiger partial charge in [0.1, 0.15) is 49.4 Å². The monoisotopic (exact) mass is 1870 g/mol. The molecule has 15 aromatic heterocycles. The number of hydrogen-bond donors (Lipinski definition) is 10. The third-order valence-electron chi connectivity index (χ3n) is 23.7. The summed E-state index contributed by atoms with van der Waals surface area (Å²) in [6.45, 7) is 10.7. The number of H-pyrrole nitrogens is 5. The number of nitrogens with zero attached hydrogens (tertiary/aromatic N) is 15. The second-order valence-corrected chi connectivity index (χ2v) is 34.1. The van der Waals surface area contributed by atoms with E-state index in [2.05, 4.69) is 322 Å². The summed E-state index contributed by atoms with van der Waals surface area (Å²) < 4.78 is 0. The Morgan fingerprint density at radius 3 is 0.979 bits per heavy atom. The van der Waals surface area contributed by atoms with E-state index in [-0.39, 0.29) is 30.2 Å². The van der Waals surface area contributed by atoms with Crippen molar-refractivity contribution in [1.29, 1.82) is 0 Å². The molecule has 0 radical (unpaired) electrons. The van der Waals surface area contributed by atoms with E-state index in [4.69, 9.17) is 38.2 Å². The Morgan fingerprint density at radius 1 is 0.221 bits per heavy atom. The van der Waals surface area contributed by atoms with Crippen molar-refractivity contribution < 1.29 is 0 Å². The zero-order valence-corrected chi connectivity index (χ0v) is 78.4. The van der Waals surface area contributed by atoms with Crippen LogP contribution in [-0.4, -0.2) is 99.7 Å². The molecule has 23 rings (SSSR count). The summed E-state index contributed by atoms with van der Waals surface area (Å²) in [6, 6.07) is 97.6. The first-order chi connectivity index (χ1) is 68.7. The van der Waals surface area contributed by atoms with Crippen LogP contribution < -0.4 is 26.6 Å². The van der Waals surface area contributed by atoms with Crippen LogP contribution in [0.25, 0.3) is 145 Å². The maximum Gasteiger partial charge on any atom is 0.156 e. The van der Waals surface area contributed by atoms with E-state index in [0.717, 1.165) is 163 Å². The molecule has 5 atom stereocenters. The summed E-state index contributed by atoms with van der Waals surface area (Å²) in [7, 11) is 0. The number of rotatable bonds is 23. The molecule has 0 spiro atoms. The van der Waals surface area contributed by atoms with E-state index in [9.17, 15) is 0 Å². The highest BCUT2D eigenvalue weighted by molar-refractivity contribution is 6.30. The van der Waals surface area contributed by atoms with Gasteiger partial charge in [0.05, 0.1) is 53.8 Å². The molecule has 0 bridgehead atoms. The molecule has 0 saturated carbocycles. The Kier molecular flexibility index (Phi) is 28.2. The van der Waals surface area contributed by atoms with E-state index in [0.29, 0.717) is 21.6 Å². The number of nitrogens with one attached hydrogen (secondary N) is 10. The average Bonchev–Trinajstić information content (AvgIpc) is 1.63. The average molecular weight is 1870 g/mol. The highest BCUT2D eigenvalue weighted by Gasteiger charge is 2.21. The van der Waals surface area contributed by atoms with Gasteiger partial charge >= 0.3 is 0 Å². The number of aromatic amines is 5. The second kappa shape index (κ2) is 43.3. The minimum absolute atomic E-state index is 0.154. The Labute approximate surface area is 817 Å². The van der Waals surface area contributed by atoms with Crippen molar-refractivity contribution >= 4 is 108 Å². The number of pyridine rings is 5. The topological polar surface area (TPSA) is 332 Å². The summed E-state index contributed by atoms with van der Waals surface area (Å²) in [5.74, 6) is 0.804. The Bertz CT molecular complexity index is 7410.